The van der Waals surface area contributed by atoms with Crippen LogP contribution in [0.2, 0.25) is 0 Å². The number of benzene rings is 2. The van der Waals surface area contributed by atoms with Gasteiger partial charge in [-0.05, 0) is 49.9 Å². The molecule has 3 aromatic rings. The zero-order chi connectivity index (χ0) is 19.5. The summed E-state index contributed by atoms with van der Waals surface area (Å²) in [5.74, 6) is 0.572. The number of para-hydroxylation sites is 1. The summed E-state index contributed by atoms with van der Waals surface area (Å²) in [7, 11) is 0. The van der Waals surface area contributed by atoms with Crippen LogP contribution in [0.4, 0.5) is 0 Å². The first-order valence-electron chi connectivity index (χ1n) is 9.88. The quantitative estimate of drug-likeness (QED) is 0.758. The Morgan fingerprint density at radius 2 is 1.75 bits per heavy atom. The molecule has 144 valence electrons. The van der Waals surface area contributed by atoms with Crippen LogP contribution in [0, 0.1) is 12.8 Å². The van der Waals surface area contributed by atoms with E-state index >= 15 is 0 Å². The van der Waals surface area contributed by atoms with Gasteiger partial charge in [-0.25, -0.2) is 4.68 Å². The van der Waals surface area contributed by atoms with Gasteiger partial charge in [-0.2, -0.15) is 5.10 Å². The molecule has 0 aliphatic carbocycles. The molecule has 0 radical (unpaired) electrons. The Morgan fingerprint density at radius 3 is 2.43 bits per heavy atom. The van der Waals surface area contributed by atoms with Crippen molar-refractivity contribution in [2.75, 3.05) is 19.6 Å². The van der Waals surface area contributed by atoms with Gasteiger partial charge in [-0.3, -0.25) is 4.79 Å². The fourth-order valence-electron chi connectivity index (χ4n) is 3.82. The molecule has 1 aromatic heterocycles. The van der Waals surface area contributed by atoms with Crippen LogP contribution in [0.5, 0.6) is 0 Å². The van der Waals surface area contributed by atoms with Crippen molar-refractivity contribution in [1.82, 2.24) is 14.7 Å². The third-order valence-electron chi connectivity index (χ3n) is 5.60. The molecule has 2 aromatic carbocycles. The predicted molar refractivity (Wildman–Crippen MR) is 111 cm³/mol. The lowest BCUT2D eigenvalue weighted by molar-refractivity contribution is 0.0694. The van der Waals surface area contributed by atoms with Crippen LogP contribution < -0.4 is 5.73 Å². The average Bonchev–Trinajstić information content (AvgIpc) is 3.19. The maximum Gasteiger partial charge on any atom is 0.257 e. The highest BCUT2D eigenvalue weighted by Gasteiger charge is 2.27. The van der Waals surface area contributed by atoms with Crippen molar-refractivity contribution in [3.8, 4) is 16.9 Å². The molecule has 1 aliphatic heterocycles. The van der Waals surface area contributed by atoms with Crippen LogP contribution in [-0.2, 0) is 0 Å². The van der Waals surface area contributed by atoms with Crippen LogP contribution in [0.25, 0.3) is 16.9 Å². The maximum absolute atomic E-state index is 13.4. The van der Waals surface area contributed by atoms with E-state index < -0.39 is 0 Å². The van der Waals surface area contributed by atoms with Crippen molar-refractivity contribution in [2.45, 2.75) is 19.8 Å². The Balaban J connectivity index is 1.74. The molecule has 5 heteroatoms. The Kier molecular flexibility index (Phi) is 5.26. The molecule has 0 saturated carbocycles. The Hall–Kier alpha value is -2.92. The zero-order valence-electron chi connectivity index (χ0n) is 16.2. The summed E-state index contributed by atoms with van der Waals surface area (Å²) in [5.41, 5.74) is 10.3. The molecule has 1 aliphatic rings. The van der Waals surface area contributed by atoms with Crippen LogP contribution >= 0.6 is 0 Å². The first-order chi connectivity index (χ1) is 13.7. The summed E-state index contributed by atoms with van der Waals surface area (Å²) in [6.07, 6.45) is 3.80. The van der Waals surface area contributed by atoms with Crippen LogP contribution in [0.1, 0.15) is 28.8 Å². The highest BCUT2D eigenvalue weighted by molar-refractivity contribution is 6.00. The van der Waals surface area contributed by atoms with Crippen LogP contribution in [0.15, 0.2) is 60.8 Å². The first-order valence-corrected chi connectivity index (χ1v) is 9.88. The summed E-state index contributed by atoms with van der Waals surface area (Å²) in [6.45, 7) is 4.26. The highest BCUT2D eigenvalue weighted by Crippen LogP contribution is 2.28. The number of aromatic nitrogens is 2. The number of hydrogen-bond acceptors (Lipinski definition) is 3. The van der Waals surface area contributed by atoms with E-state index in [1.165, 1.54) is 0 Å². The molecule has 1 fully saturated rings. The molecule has 28 heavy (non-hydrogen) atoms. The van der Waals surface area contributed by atoms with Gasteiger partial charge in [0, 0.05) is 24.8 Å². The molecule has 2 N–H and O–H groups in total. The third kappa shape index (κ3) is 3.58. The van der Waals surface area contributed by atoms with E-state index in [9.17, 15) is 4.79 Å². The normalized spacial score (nSPS) is 15.0. The maximum atomic E-state index is 13.4. The molecule has 1 saturated heterocycles. The van der Waals surface area contributed by atoms with Gasteiger partial charge in [0.05, 0.1) is 11.3 Å². The molecule has 2 heterocycles. The van der Waals surface area contributed by atoms with E-state index in [0.717, 1.165) is 48.4 Å². The molecule has 0 spiro atoms. The summed E-state index contributed by atoms with van der Waals surface area (Å²) in [6, 6.07) is 18.0. The molecule has 5 nitrogen and oxygen atoms in total. The lowest BCUT2D eigenvalue weighted by Gasteiger charge is -2.31. The van der Waals surface area contributed by atoms with E-state index in [0.29, 0.717) is 18.0 Å². The van der Waals surface area contributed by atoms with Crippen molar-refractivity contribution in [3.63, 3.8) is 0 Å². The number of carbonyl (C=O) groups is 1. The SMILES string of the molecule is Cc1ccccc1-c1nn(-c2ccccc2)cc1C(=O)N1CCC(CN)CC1. The third-order valence-corrected chi connectivity index (χ3v) is 5.60. The second kappa shape index (κ2) is 7.98. The minimum Gasteiger partial charge on any atom is -0.339 e. The smallest absolute Gasteiger partial charge is 0.257 e. The van der Waals surface area contributed by atoms with Crippen molar-refractivity contribution in [1.29, 1.82) is 0 Å². The number of carbonyl (C=O) groups excluding carboxylic acids is 1. The highest BCUT2D eigenvalue weighted by atomic mass is 16.2. The lowest BCUT2D eigenvalue weighted by atomic mass is 9.96. The first kappa shape index (κ1) is 18.4. The van der Waals surface area contributed by atoms with Crippen LogP contribution in [0.3, 0.4) is 0 Å². The van der Waals surface area contributed by atoms with Crippen molar-refractivity contribution in [3.05, 3.63) is 71.9 Å². The summed E-state index contributed by atoms with van der Waals surface area (Å²) >= 11 is 0. The second-order valence-corrected chi connectivity index (χ2v) is 7.46. The Labute approximate surface area is 165 Å². The number of rotatable bonds is 4. The Bertz CT molecular complexity index is 956. The van der Waals surface area contributed by atoms with E-state index in [1.54, 1.807) is 0 Å². The Morgan fingerprint density at radius 1 is 1.07 bits per heavy atom. The topological polar surface area (TPSA) is 64.2 Å². The molecule has 0 unspecified atom stereocenters. The van der Waals surface area contributed by atoms with Crippen molar-refractivity contribution in [2.24, 2.45) is 11.7 Å². The minimum atomic E-state index is 0.0518. The van der Waals surface area contributed by atoms with Crippen molar-refractivity contribution >= 4 is 5.91 Å². The average molecular weight is 374 g/mol. The molecule has 1 amide bonds. The second-order valence-electron chi connectivity index (χ2n) is 7.46. The number of nitrogens with zero attached hydrogens (tertiary/aromatic N) is 3. The van der Waals surface area contributed by atoms with Crippen molar-refractivity contribution < 1.29 is 4.79 Å². The molecule has 4 rings (SSSR count). The van der Waals surface area contributed by atoms with Gasteiger partial charge in [0.1, 0.15) is 5.69 Å². The fraction of sp³-hybridized carbons (Fsp3) is 0.304. The van der Waals surface area contributed by atoms with E-state index in [2.05, 4.69) is 13.0 Å². The summed E-state index contributed by atoms with van der Waals surface area (Å²) in [4.78, 5) is 15.3. The van der Waals surface area contributed by atoms with Gasteiger partial charge in [0.25, 0.3) is 5.91 Å². The number of amides is 1. The van der Waals surface area contributed by atoms with E-state index in [1.807, 2.05) is 64.3 Å². The van der Waals surface area contributed by atoms with E-state index in [4.69, 9.17) is 10.8 Å². The predicted octanol–water partition coefficient (Wildman–Crippen LogP) is 3.66. The van der Waals surface area contributed by atoms with Gasteiger partial charge in [0.15, 0.2) is 0 Å². The lowest BCUT2D eigenvalue weighted by Crippen LogP contribution is -2.40. The zero-order valence-corrected chi connectivity index (χ0v) is 16.2. The molecular formula is C23H26N4O. The van der Waals surface area contributed by atoms with Crippen LogP contribution in [-0.4, -0.2) is 40.2 Å². The van der Waals surface area contributed by atoms with Gasteiger partial charge in [0.2, 0.25) is 0 Å². The number of piperidine rings is 1. The number of aryl methyl sites for hydroxylation is 1. The largest absolute Gasteiger partial charge is 0.339 e. The monoisotopic (exact) mass is 374 g/mol. The summed E-state index contributed by atoms with van der Waals surface area (Å²) in [5, 5.41) is 4.81. The molecule has 0 atom stereocenters. The number of likely N-dealkylation sites (tertiary alicyclic amines) is 1. The van der Waals surface area contributed by atoms with Gasteiger partial charge in [-0.15, -0.1) is 0 Å². The van der Waals surface area contributed by atoms with Gasteiger partial charge in [-0.1, -0.05) is 42.5 Å². The van der Waals surface area contributed by atoms with Gasteiger partial charge < -0.3 is 10.6 Å². The number of hydrogen-bond donors (Lipinski definition) is 1. The number of nitrogens with two attached hydrogens (primary N) is 1. The summed E-state index contributed by atoms with van der Waals surface area (Å²) < 4.78 is 1.81. The standard InChI is InChI=1S/C23H26N4O/c1-17-7-5-6-10-20(17)22-21(16-27(25-22)19-8-3-2-4-9-19)23(28)26-13-11-18(15-24)12-14-26/h2-10,16,18H,11-15,24H2,1H3. The molecular weight excluding hydrogens is 348 g/mol. The minimum absolute atomic E-state index is 0.0518. The molecule has 0 bridgehead atoms. The van der Waals surface area contributed by atoms with Gasteiger partial charge >= 0.3 is 0 Å². The van der Waals surface area contributed by atoms with E-state index in [-0.39, 0.29) is 5.91 Å². The fourth-order valence-corrected chi connectivity index (χ4v) is 3.82.